The average Bonchev–Trinajstić information content (AvgIpc) is 3.09. The molecule has 152 valence electrons. The van der Waals surface area contributed by atoms with Crippen molar-refractivity contribution in [3.8, 4) is 11.4 Å². The van der Waals surface area contributed by atoms with Gasteiger partial charge in [-0.05, 0) is 50.5 Å². The fourth-order valence-electron chi connectivity index (χ4n) is 3.49. The van der Waals surface area contributed by atoms with Crippen LogP contribution in [0.3, 0.4) is 0 Å². The van der Waals surface area contributed by atoms with Gasteiger partial charge in [0.2, 0.25) is 11.7 Å². The Kier molecular flexibility index (Phi) is 5.77. The highest BCUT2D eigenvalue weighted by Gasteiger charge is 2.27. The summed E-state index contributed by atoms with van der Waals surface area (Å²) in [4.78, 5) is 16.5. The highest BCUT2D eigenvalue weighted by Crippen LogP contribution is 2.30. The average molecular weight is 386 g/mol. The highest BCUT2D eigenvalue weighted by atomic mass is 16.6. The first kappa shape index (κ1) is 20.4. The van der Waals surface area contributed by atoms with Crippen molar-refractivity contribution in [1.82, 2.24) is 15.5 Å². The first-order valence-electron chi connectivity index (χ1n) is 10.1. The highest BCUT2D eigenvalue weighted by molar-refractivity contribution is 5.67. The molecule has 1 aliphatic heterocycles. The number of cyclic esters (lactones) is 1. The maximum atomic E-state index is 11.9. The number of alkyl carbamates (subject to hydrolysis) is 1. The van der Waals surface area contributed by atoms with Gasteiger partial charge in [-0.15, -0.1) is 0 Å². The van der Waals surface area contributed by atoms with E-state index >= 15 is 0 Å². The Hall–Kier alpha value is -2.37. The van der Waals surface area contributed by atoms with Gasteiger partial charge in [-0.3, -0.25) is 0 Å². The van der Waals surface area contributed by atoms with Crippen molar-refractivity contribution in [2.75, 3.05) is 6.54 Å². The molecule has 1 saturated heterocycles. The second-order valence-corrected chi connectivity index (χ2v) is 9.24. The SMILES string of the molecule is CC1(C)CCCC(c2nc(-c3ccc(C(C)(C)C)cc3)no2)CCNC(=O)O1. The summed E-state index contributed by atoms with van der Waals surface area (Å²) in [5.74, 6) is 1.38. The molecule has 28 heavy (non-hydrogen) atoms. The summed E-state index contributed by atoms with van der Waals surface area (Å²) < 4.78 is 11.0. The molecule has 2 aromatic rings. The number of aromatic nitrogens is 2. The number of benzene rings is 1. The third-order valence-corrected chi connectivity index (χ3v) is 5.26. The molecule has 6 heteroatoms. The van der Waals surface area contributed by atoms with Crippen molar-refractivity contribution >= 4 is 6.09 Å². The largest absolute Gasteiger partial charge is 0.444 e. The molecule has 0 aliphatic carbocycles. The zero-order chi connectivity index (χ0) is 20.4. The first-order valence-corrected chi connectivity index (χ1v) is 10.1. The van der Waals surface area contributed by atoms with E-state index in [2.05, 4.69) is 48.4 Å². The molecule has 0 spiro atoms. The molecule has 0 saturated carbocycles. The van der Waals surface area contributed by atoms with E-state index in [1.165, 1.54) is 5.56 Å². The van der Waals surface area contributed by atoms with Crippen LogP contribution >= 0.6 is 0 Å². The van der Waals surface area contributed by atoms with Gasteiger partial charge in [-0.25, -0.2) is 4.79 Å². The van der Waals surface area contributed by atoms with Crippen LogP contribution in [0.1, 0.15) is 77.7 Å². The van der Waals surface area contributed by atoms with Crippen LogP contribution in [0, 0.1) is 0 Å². The van der Waals surface area contributed by atoms with Crippen LogP contribution in [0.2, 0.25) is 0 Å². The van der Waals surface area contributed by atoms with Crippen LogP contribution in [0.25, 0.3) is 11.4 Å². The number of hydrogen-bond acceptors (Lipinski definition) is 5. The van der Waals surface area contributed by atoms with E-state index in [9.17, 15) is 4.79 Å². The molecule has 1 aliphatic rings. The van der Waals surface area contributed by atoms with Crippen LogP contribution in [0.4, 0.5) is 4.79 Å². The predicted octanol–water partition coefficient (Wildman–Crippen LogP) is 5.20. The predicted molar refractivity (Wildman–Crippen MR) is 108 cm³/mol. The Morgan fingerprint density at radius 2 is 1.86 bits per heavy atom. The lowest BCUT2D eigenvalue weighted by atomic mass is 9.87. The topological polar surface area (TPSA) is 77.3 Å². The van der Waals surface area contributed by atoms with E-state index in [1.54, 1.807) is 0 Å². The van der Waals surface area contributed by atoms with E-state index in [4.69, 9.17) is 9.26 Å². The fraction of sp³-hybridized carbons (Fsp3) is 0.591. The molecule has 1 atom stereocenters. The second-order valence-electron chi connectivity index (χ2n) is 9.24. The summed E-state index contributed by atoms with van der Waals surface area (Å²) in [6, 6.07) is 8.32. The van der Waals surface area contributed by atoms with Crippen LogP contribution in [-0.2, 0) is 10.2 Å². The summed E-state index contributed by atoms with van der Waals surface area (Å²) in [6.45, 7) is 11.0. The molecule has 2 heterocycles. The Labute approximate surface area is 167 Å². The molecule has 3 rings (SSSR count). The van der Waals surface area contributed by atoms with Gasteiger partial charge in [-0.1, -0.05) is 50.2 Å². The zero-order valence-electron chi connectivity index (χ0n) is 17.5. The summed E-state index contributed by atoms with van der Waals surface area (Å²) in [5.41, 5.74) is 1.86. The fourth-order valence-corrected chi connectivity index (χ4v) is 3.49. The Balaban J connectivity index is 1.73. The van der Waals surface area contributed by atoms with Gasteiger partial charge in [-0.2, -0.15) is 4.98 Å². The van der Waals surface area contributed by atoms with E-state index in [0.717, 1.165) is 31.2 Å². The number of hydrogen-bond donors (Lipinski definition) is 1. The van der Waals surface area contributed by atoms with Gasteiger partial charge < -0.3 is 14.6 Å². The molecule has 1 aromatic carbocycles. The maximum Gasteiger partial charge on any atom is 0.407 e. The lowest BCUT2D eigenvalue weighted by Gasteiger charge is -2.27. The van der Waals surface area contributed by atoms with Gasteiger partial charge in [0.05, 0.1) is 0 Å². The molecular weight excluding hydrogens is 354 g/mol. The van der Waals surface area contributed by atoms with Crippen molar-refractivity contribution in [3.05, 3.63) is 35.7 Å². The van der Waals surface area contributed by atoms with E-state index in [1.807, 2.05) is 26.0 Å². The van der Waals surface area contributed by atoms with Crippen molar-refractivity contribution in [2.45, 2.75) is 77.2 Å². The van der Waals surface area contributed by atoms with Crippen molar-refractivity contribution in [2.24, 2.45) is 0 Å². The number of rotatable bonds is 2. The molecule has 1 aromatic heterocycles. The number of carbonyl (C=O) groups excluding carboxylic acids is 1. The normalized spacial score (nSPS) is 20.9. The molecule has 0 bridgehead atoms. The standard InChI is InChI=1S/C22H31N3O3/c1-21(2,3)17-10-8-15(9-11-17)18-24-19(28-25-18)16-7-6-13-22(4,5)27-20(26)23-14-12-16/h8-11,16H,6-7,12-14H2,1-5H3,(H,23,26). The minimum absolute atomic E-state index is 0.110. The van der Waals surface area contributed by atoms with Crippen LogP contribution in [0.15, 0.2) is 28.8 Å². The zero-order valence-corrected chi connectivity index (χ0v) is 17.5. The van der Waals surface area contributed by atoms with Crippen molar-refractivity contribution in [3.63, 3.8) is 0 Å². The van der Waals surface area contributed by atoms with Gasteiger partial charge in [0.15, 0.2) is 0 Å². The van der Waals surface area contributed by atoms with Crippen LogP contribution < -0.4 is 5.32 Å². The smallest absolute Gasteiger partial charge is 0.407 e. The monoisotopic (exact) mass is 385 g/mol. The van der Waals surface area contributed by atoms with Gasteiger partial charge >= 0.3 is 6.09 Å². The molecular formula is C22H31N3O3. The molecule has 1 N–H and O–H groups in total. The second kappa shape index (κ2) is 7.94. The first-order chi connectivity index (χ1) is 13.1. The van der Waals surface area contributed by atoms with Gasteiger partial charge in [0.1, 0.15) is 5.60 Å². The van der Waals surface area contributed by atoms with E-state index < -0.39 is 5.60 Å². The third kappa shape index (κ3) is 5.12. The number of nitrogens with one attached hydrogen (secondary N) is 1. The number of carbonyl (C=O) groups is 1. The summed E-state index contributed by atoms with van der Waals surface area (Å²) in [5, 5.41) is 7.01. The maximum absolute atomic E-state index is 11.9. The lowest BCUT2D eigenvalue weighted by Crippen LogP contribution is -2.36. The van der Waals surface area contributed by atoms with E-state index in [0.29, 0.717) is 18.3 Å². The van der Waals surface area contributed by atoms with Gasteiger partial charge in [0.25, 0.3) is 0 Å². The van der Waals surface area contributed by atoms with Crippen molar-refractivity contribution in [1.29, 1.82) is 0 Å². The van der Waals surface area contributed by atoms with Crippen molar-refractivity contribution < 1.29 is 14.1 Å². The summed E-state index contributed by atoms with van der Waals surface area (Å²) in [7, 11) is 0. The Morgan fingerprint density at radius 1 is 1.14 bits per heavy atom. The number of nitrogens with zero attached hydrogens (tertiary/aromatic N) is 2. The van der Waals surface area contributed by atoms with Gasteiger partial charge in [0, 0.05) is 18.0 Å². The molecule has 0 radical (unpaired) electrons. The van der Waals surface area contributed by atoms with Crippen LogP contribution in [-0.4, -0.2) is 28.4 Å². The summed E-state index contributed by atoms with van der Waals surface area (Å²) in [6.07, 6.45) is 3.04. The third-order valence-electron chi connectivity index (χ3n) is 5.26. The lowest BCUT2D eigenvalue weighted by molar-refractivity contribution is 0.0286. The molecule has 1 amide bonds. The minimum atomic E-state index is -0.471. The Morgan fingerprint density at radius 3 is 2.54 bits per heavy atom. The molecule has 1 unspecified atom stereocenters. The number of ether oxygens (including phenoxy) is 1. The molecule has 6 nitrogen and oxygen atoms in total. The van der Waals surface area contributed by atoms with E-state index in [-0.39, 0.29) is 17.4 Å². The Bertz CT molecular complexity index is 803. The van der Waals surface area contributed by atoms with Crippen LogP contribution in [0.5, 0.6) is 0 Å². The quantitative estimate of drug-likeness (QED) is 0.769. The summed E-state index contributed by atoms with van der Waals surface area (Å²) >= 11 is 0. The minimum Gasteiger partial charge on any atom is -0.444 e. The molecule has 1 fully saturated rings. The number of amides is 1.